The first kappa shape index (κ1) is 10.7. The van der Waals surface area contributed by atoms with Crippen LogP contribution in [0.2, 0.25) is 0 Å². The lowest BCUT2D eigenvalue weighted by atomic mass is 10.2. The minimum Gasteiger partial charge on any atom is -0.337 e. The summed E-state index contributed by atoms with van der Waals surface area (Å²) in [6, 6.07) is 7.92. The molecule has 0 atom stereocenters. The first-order chi connectivity index (χ1) is 8.74. The highest BCUT2D eigenvalue weighted by atomic mass is 15.3. The third-order valence-corrected chi connectivity index (χ3v) is 2.81. The monoisotopic (exact) mass is 239 g/mol. The van der Waals surface area contributed by atoms with Gasteiger partial charge in [-0.15, -0.1) is 0 Å². The van der Waals surface area contributed by atoms with E-state index in [1.54, 1.807) is 11.0 Å². The third-order valence-electron chi connectivity index (χ3n) is 2.81. The van der Waals surface area contributed by atoms with Gasteiger partial charge in [-0.2, -0.15) is 5.10 Å². The quantitative estimate of drug-likeness (QED) is 0.746. The molecule has 0 unspecified atom stereocenters. The minimum atomic E-state index is 0.803. The SMILES string of the molecule is Cc1nn(C)cc1Nc1ncnc2ccccc12. The van der Waals surface area contributed by atoms with E-state index < -0.39 is 0 Å². The fraction of sp³-hybridized carbons (Fsp3) is 0.154. The second-order valence-electron chi connectivity index (χ2n) is 4.17. The first-order valence-corrected chi connectivity index (χ1v) is 5.71. The van der Waals surface area contributed by atoms with E-state index in [1.165, 1.54) is 0 Å². The predicted molar refractivity (Wildman–Crippen MR) is 70.8 cm³/mol. The summed E-state index contributed by atoms with van der Waals surface area (Å²) < 4.78 is 1.78. The zero-order valence-corrected chi connectivity index (χ0v) is 10.3. The van der Waals surface area contributed by atoms with Crippen molar-refractivity contribution in [3.8, 4) is 0 Å². The first-order valence-electron chi connectivity index (χ1n) is 5.71. The summed E-state index contributed by atoms with van der Waals surface area (Å²) in [6.45, 7) is 1.96. The average molecular weight is 239 g/mol. The maximum atomic E-state index is 4.30. The Morgan fingerprint density at radius 2 is 2.00 bits per heavy atom. The van der Waals surface area contributed by atoms with Gasteiger partial charge in [0, 0.05) is 18.6 Å². The van der Waals surface area contributed by atoms with Crippen molar-refractivity contribution < 1.29 is 0 Å². The van der Waals surface area contributed by atoms with Gasteiger partial charge >= 0.3 is 0 Å². The van der Waals surface area contributed by atoms with Gasteiger partial charge < -0.3 is 5.32 Å². The van der Waals surface area contributed by atoms with Crippen LogP contribution in [0.15, 0.2) is 36.8 Å². The topological polar surface area (TPSA) is 55.6 Å². The second kappa shape index (κ2) is 4.10. The van der Waals surface area contributed by atoms with Crippen molar-refractivity contribution in [3.05, 3.63) is 42.5 Å². The molecule has 5 heteroatoms. The maximum Gasteiger partial charge on any atom is 0.141 e. The molecular formula is C13H13N5. The molecular weight excluding hydrogens is 226 g/mol. The number of anilines is 2. The molecule has 0 spiro atoms. The Bertz CT molecular complexity index is 696. The molecule has 0 fully saturated rings. The lowest BCUT2D eigenvalue weighted by Gasteiger charge is -2.06. The van der Waals surface area contributed by atoms with Crippen molar-refractivity contribution in [1.29, 1.82) is 0 Å². The molecule has 0 saturated carbocycles. The van der Waals surface area contributed by atoms with Gasteiger partial charge in [0.25, 0.3) is 0 Å². The van der Waals surface area contributed by atoms with Gasteiger partial charge in [0.2, 0.25) is 0 Å². The summed E-state index contributed by atoms with van der Waals surface area (Å²) in [6.07, 6.45) is 3.50. The Hall–Kier alpha value is -2.43. The molecule has 0 aliphatic rings. The van der Waals surface area contributed by atoms with Gasteiger partial charge in [0.15, 0.2) is 0 Å². The number of nitrogens with zero attached hydrogens (tertiary/aromatic N) is 4. The van der Waals surface area contributed by atoms with Crippen molar-refractivity contribution in [3.63, 3.8) is 0 Å². The van der Waals surface area contributed by atoms with E-state index >= 15 is 0 Å². The molecule has 2 heterocycles. The number of hydrogen-bond acceptors (Lipinski definition) is 4. The molecule has 0 aliphatic heterocycles. The normalized spacial score (nSPS) is 10.8. The van der Waals surface area contributed by atoms with E-state index in [4.69, 9.17) is 0 Å². The van der Waals surface area contributed by atoms with E-state index in [2.05, 4.69) is 20.4 Å². The van der Waals surface area contributed by atoms with Crippen LogP contribution in [0.3, 0.4) is 0 Å². The van der Waals surface area contributed by atoms with Gasteiger partial charge in [-0.05, 0) is 19.1 Å². The molecule has 3 aromatic rings. The molecule has 2 aromatic heterocycles. The summed E-state index contributed by atoms with van der Waals surface area (Å²) in [5.74, 6) is 0.803. The molecule has 1 aromatic carbocycles. The van der Waals surface area contributed by atoms with Crippen LogP contribution in [0.5, 0.6) is 0 Å². The predicted octanol–water partition coefficient (Wildman–Crippen LogP) is 2.42. The molecule has 5 nitrogen and oxygen atoms in total. The number of fused-ring (bicyclic) bond motifs is 1. The Morgan fingerprint density at radius 1 is 1.17 bits per heavy atom. The van der Waals surface area contributed by atoms with E-state index in [0.717, 1.165) is 28.1 Å². The number of aromatic nitrogens is 4. The molecule has 0 bridgehead atoms. The molecule has 1 N–H and O–H groups in total. The fourth-order valence-corrected chi connectivity index (χ4v) is 1.95. The van der Waals surface area contributed by atoms with Gasteiger partial charge in [-0.1, -0.05) is 12.1 Å². The lowest BCUT2D eigenvalue weighted by Crippen LogP contribution is -1.96. The number of hydrogen-bond donors (Lipinski definition) is 1. The number of aryl methyl sites for hydroxylation is 2. The van der Waals surface area contributed by atoms with Crippen LogP contribution in [-0.4, -0.2) is 19.7 Å². The molecule has 0 amide bonds. The zero-order valence-electron chi connectivity index (χ0n) is 10.3. The number of benzene rings is 1. The van der Waals surface area contributed by atoms with Crippen LogP contribution in [0.25, 0.3) is 10.9 Å². The highest BCUT2D eigenvalue weighted by Gasteiger charge is 2.07. The van der Waals surface area contributed by atoms with Crippen LogP contribution < -0.4 is 5.32 Å². The van der Waals surface area contributed by atoms with Crippen LogP contribution >= 0.6 is 0 Å². The Labute approximate surface area is 104 Å². The summed E-state index contributed by atoms with van der Waals surface area (Å²) in [4.78, 5) is 8.53. The van der Waals surface area contributed by atoms with Gasteiger partial charge in [0.1, 0.15) is 12.1 Å². The molecule has 90 valence electrons. The highest BCUT2D eigenvalue weighted by Crippen LogP contribution is 2.23. The van der Waals surface area contributed by atoms with Gasteiger partial charge in [-0.3, -0.25) is 4.68 Å². The summed E-state index contributed by atoms with van der Waals surface area (Å²) in [7, 11) is 1.90. The standard InChI is InChI=1S/C13H13N5/c1-9-12(7-18(2)17-9)16-13-10-5-3-4-6-11(10)14-8-15-13/h3-8H,1-2H3,(H,14,15,16). The van der Waals surface area contributed by atoms with Gasteiger partial charge in [0.05, 0.1) is 16.9 Å². The molecule has 3 rings (SSSR count). The molecule has 18 heavy (non-hydrogen) atoms. The number of rotatable bonds is 2. The van der Waals surface area contributed by atoms with Crippen molar-refractivity contribution >= 4 is 22.4 Å². The van der Waals surface area contributed by atoms with Crippen molar-refractivity contribution in [2.24, 2.45) is 7.05 Å². The molecule has 0 radical (unpaired) electrons. The summed E-state index contributed by atoms with van der Waals surface area (Å²) in [5.41, 5.74) is 2.83. The van der Waals surface area contributed by atoms with Gasteiger partial charge in [-0.25, -0.2) is 9.97 Å². The van der Waals surface area contributed by atoms with Crippen LogP contribution in [0.1, 0.15) is 5.69 Å². The third kappa shape index (κ3) is 1.79. The van der Waals surface area contributed by atoms with Crippen LogP contribution in [0, 0.1) is 6.92 Å². The van der Waals surface area contributed by atoms with E-state index in [9.17, 15) is 0 Å². The molecule has 0 aliphatic carbocycles. The van der Waals surface area contributed by atoms with E-state index in [-0.39, 0.29) is 0 Å². The number of nitrogens with one attached hydrogen (secondary N) is 1. The summed E-state index contributed by atoms with van der Waals surface area (Å²) >= 11 is 0. The fourth-order valence-electron chi connectivity index (χ4n) is 1.95. The molecule has 0 saturated heterocycles. The van der Waals surface area contributed by atoms with Crippen LogP contribution in [0.4, 0.5) is 11.5 Å². The van der Waals surface area contributed by atoms with E-state index in [0.29, 0.717) is 0 Å². The van der Waals surface area contributed by atoms with Crippen molar-refractivity contribution in [2.75, 3.05) is 5.32 Å². The van der Waals surface area contributed by atoms with E-state index in [1.807, 2.05) is 44.4 Å². The number of para-hydroxylation sites is 1. The zero-order chi connectivity index (χ0) is 12.5. The maximum absolute atomic E-state index is 4.30. The minimum absolute atomic E-state index is 0.803. The Balaban J connectivity index is 2.07. The highest BCUT2D eigenvalue weighted by molar-refractivity contribution is 5.90. The van der Waals surface area contributed by atoms with Crippen molar-refractivity contribution in [2.45, 2.75) is 6.92 Å². The largest absolute Gasteiger partial charge is 0.337 e. The summed E-state index contributed by atoms with van der Waals surface area (Å²) in [5, 5.41) is 8.60. The van der Waals surface area contributed by atoms with Crippen LogP contribution in [-0.2, 0) is 7.05 Å². The lowest BCUT2D eigenvalue weighted by molar-refractivity contribution is 0.756. The Kier molecular flexibility index (Phi) is 2.44. The Morgan fingerprint density at radius 3 is 2.78 bits per heavy atom. The second-order valence-corrected chi connectivity index (χ2v) is 4.17. The smallest absolute Gasteiger partial charge is 0.141 e. The van der Waals surface area contributed by atoms with Crippen molar-refractivity contribution in [1.82, 2.24) is 19.7 Å². The average Bonchev–Trinajstić information content (AvgIpc) is 2.68.